The first-order chi connectivity index (χ1) is 7.89. The van der Waals surface area contributed by atoms with Crippen LogP contribution >= 0.6 is 0 Å². The topological polar surface area (TPSA) is 70.1 Å². The minimum atomic E-state index is -3.18. The molecular formula is C10H20N2O4S. The van der Waals surface area contributed by atoms with Gasteiger partial charge in [0.15, 0.2) is 0 Å². The van der Waals surface area contributed by atoms with E-state index in [0.717, 1.165) is 13.1 Å². The minimum absolute atomic E-state index is 0.211. The van der Waals surface area contributed by atoms with E-state index in [9.17, 15) is 13.5 Å². The monoisotopic (exact) mass is 264 g/mol. The van der Waals surface area contributed by atoms with E-state index in [4.69, 9.17) is 4.74 Å². The highest BCUT2D eigenvalue weighted by Gasteiger charge is 2.40. The van der Waals surface area contributed by atoms with Crippen molar-refractivity contribution in [1.29, 1.82) is 0 Å². The molecule has 2 aliphatic rings. The molecule has 0 bridgehead atoms. The van der Waals surface area contributed by atoms with Crippen LogP contribution in [0.2, 0.25) is 0 Å². The molecule has 7 heteroatoms. The van der Waals surface area contributed by atoms with E-state index in [1.165, 1.54) is 10.6 Å². The summed E-state index contributed by atoms with van der Waals surface area (Å²) in [7, 11) is -3.18. The van der Waals surface area contributed by atoms with Gasteiger partial charge in [0.2, 0.25) is 10.0 Å². The lowest BCUT2D eigenvalue weighted by Crippen LogP contribution is -2.49. The summed E-state index contributed by atoms with van der Waals surface area (Å²) in [5, 5.41) is 10.4. The molecule has 100 valence electrons. The molecule has 1 N–H and O–H groups in total. The number of rotatable bonds is 3. The zero-order chi connectivity index (χ0) is 12.5. The van der Waals surface area contributed by atoms with Gasteiger partial charge in [0.1, 0.15) is 0 Å². The third-order valence-corrected chi connectivity index (χ3v) is 4.64. The molecule has 0 spiro atoms. The highest BCUT2D eigenvalue weighted by atomic mass is 32.2. The van der Waals surface area contributed by atoms with Crippen LogP contribution in [0.3, 0.4) is 0 Å². The number of sulfonamides is 1. The van der Waals surface area contributed by atoms with Gasteiger partial charge in [-0.3, -0.25) is 4.90 Å². The molecule has 0 radical (unpaired) electrons. The molecule has 2 rings (SSSR count). The van der Waals surface area contributed by atoms with E-state index < -0.39 is 15.6 Å². The fraction of sp³-hybridized carbons (Fsp3) is 1.00. The molecule has 0 amide bonds. The molecule has 2 fully saturated rings. The number of ether oxygens (including phenoxy) is 1. The van der Waals surface area contributed by atoms with Crippen molar-refractivity contribution in [2.45, 2.75) is 12.0 Å². The van der Waals surface area contributed by atoms with Crippen molar-refractivity contribution in [3.8, 4) is 0 Å². The van der Waals surface area contributed by atoms with Crippen LogP contribution in [0, 0.1) is 0 Å². The molecule has 17 heavy (non-hydrogen) atoms. The Morgan fingerprint density at radius 1 is 1.29 bits per heavy atom. The fourth-order valence-electron chi connectivity index (χ4n) is 2.41. The highest BCUT2D eigenvalue weighted by Crippen LogP contribution is 2.24. The second-order valence-electron chi connectivity index (χ2n) is 4.96. The lowest BCUT2D eigenvalue weighted by Gasteiger charge is -2.33. The van der Waals surface area contributed by atoms with Gasteiger partial charge < -0.3 is 9.84 Å². The Labute approximate surface area is 102 Å². The Hall–Kier alpha value is -0.210. The number of hydrogen-bond acceptors (Lipinski definition) is 5. The van der Waals surface area contributed by atoms with Gasteiger partial charge in [-0.25, -0.2) is 8.42 Å². The molecule has 0 aromatic carbocycles. The Bertz CT molecular complexity index is 367. The van der Waals surface area contributed by atoms with Gasteiger partial charge in [0.05, 0.1) is 25.1 Å². The standard InChI is InChI=1S/C10H20N2O4S/c1-17(14,15)12-3-2-10(13,9-12)8-11-4-6-16-7-5-11/h13H,2-9H2,1H3/t10-/m1/s1. The van der Waals surface area contributed by atoms with Gasteiger partial charge in [-0.1, -0.05) is 0 Å². The minimum Gasteiger partial charge on any atom is -0.387 e. The van der Waals surface area contributed by atoms with E-state index in [2.05, 4.69) is 4.90 Å². The molecule has 1 atom stereocenters. The lowest BCUT2D eigenvalue weighted by molar-refractivity contribution is -0.0239. The van der Waals surface area contributed by atoms with Crippen LogP contribution in [0.4, 0.5) is 0 Å². The Balaban J connectivity index is 1.92. The van der Waals surface area contributed by atoms with Crippen molar-refractivity contribution in [2.24, 2.45) is 0 Å². The van der Waals surface area contributed by atoms with E-state index >= 15 is 0 Å². The van der Waals surface area contributed by atoms with Gasteiger partial charge in [-0.05, 0) is 6.42 Å². The molecular weight excluding hydrogens is 244 g/mol. The third-order valence-electron chi connectivity index (χ3n) is 3.39. The molecule has 2 saturated heterocycles. The Morgan fingerprint density at radius 2 is 1.94 bits per heavy atom. The number of nitrogens with zero attached hydrogens (tertiary/aromatic N) is 2. The van der Waals surface area contributed by atoms with Gasteiger partial charge >= 0.3 is 0 Å². The van der Waals surface area contributed by atoms with Crippen molar-refractivity contribution < 1.29 is 18.3 Å². The molecule has 0 aromatic heterocycles. The average molecular weight is 264 g/mol. The third kappa shape index (κ3) is 3.38. The van der Waals surface area contributed by atoms with Crippen molar-refractivity contribution in [3.05, 3.63) is 0 Å². The SMILES string of the molecule is CS(=O)(=O)N1CC[C@@](O)(CN2CCOCC2)C1. The zero-order valence-electron chi connectivity index (χ0n) is 10.1. The molecule has 0 unspecified atom stereocenters. The molecule has 0 saturated carbocycles. The smallest absolute Gasteiger partial charge is 0.211 e. The summed E-state index contributed by atoms with van der Waals surface area (Å²) >= 11 is 0. The first-order valence-corrected chi connectivity index (χ1v) is 7.72. The lowest BCUT2D eigenvalue weighted by atomic mass is 10.0. The maximum atomic E-state index is 11.4. The summed E-state index contributed by atoms with van der Waals surface area (Å²) in [5.74, 6) is 0. The van der Waals surface area contributed by atoms with Crippen molar-refractivity contribution in [1.82, 2.24) is 9.21 Å². The van der Waals surface area contributed by atoms with Crippen LogP contribution < -0.4 is 0 Å². The second kappa shape index (κ2) is 4.81. The van der Waals surface area contributed by atoms with Crippen LogP contribution in [-0.4, -0.2) is 80.5 Å². The fourth-order valence-corrected chi connectivity index (χ4v) is 3.30. The molecule has 2 heterocycles. The summed E-state index contributed by atoms with van der Waals surface area (Å²) in [6.45, 7) is 4.14. The largest absolute Gasteiger partial charge is 0.387 e. The first-order valence-electron chi connectivity index (χ1n) is 5.87. The van der Waals surface area contributed by atoms with Gasteiger partial charge in [-0.15, -0.1) is 0 Å². The molecule has 0 aromatic rings. The summed E-state index contributed by atoms with van der Waals surface area (Å²) in [4.78, 5) is 2.13. The van der Waals surface area contributed by atoms with Crippen molar-refractivity contribution >= 4 is 10.0 Å². The van der Waals surface area contributed by atoms with E-state index in [1.54, 1.807) is 0 Å². The van der Waals surface area contributed by atoms with Crippen molar-refractivity contribution in [3.63, 3.8) is 0 Å². The summed E-state index contributed by atoms with van der Waals surface area (Å²) in [6, 6.07) is 0. The molecule has 2 aliphatic heterocycles. The summed E-state index contributed by atoms with van der Waals surface area (Å²) < 4.78 is 29.4. The number of morpholine rings is 1. The predicted octanol–water partition coefficient (Wildman–Crippen LogP) is -1.28. The van der Waals surface area contributed by atoms with Gasteiger partial charge in [0.25, 0.3) is 0 Å². The average Bonchev–Trinajstić information content (AvgIpc) is 2.62. The Morgan fingerprint density at radius 3 is 2.47 bits per heavy atom. The predicted molar refractivity (Wildman–Crippen MR) is 63.2 cm³/mol. The van der Waals surface area contributed by atoms with Crippen LogP contribution in [0.5, 0.6) is 0 Å². The quantitative estimate of drug-likeness (QED) is 0.687. The van der Waals surface area contributed by atoms with Crippen LogP contribution in [0.1, 0.15) is 6.42 Å². The second-order valence-corrected chi connectivity index (χ2v) is 6.94. The van der Waals surface area contributed by atoms with E-state index in [1.807, 2.05) is 0 Å². The zero-order valence-corrected chi connectivity index (χ0v) is 10.9. The maximum Gasteiger partial charge on any atom is 0.211 e. The normalized spacial score (nSPS) is 33.1. The maximum absolute atomic E-state index is 11.4. The van der Waals surface area contributed by atoms with Gasteiger partial charge in [-0.2, -0.15) is 4.31 Å². The van der Waals surface area contributed by atoms with Crippen LogP contribution in [0.25, 0.3) is 0 Å². The van der Waals surface area contributed by atoms with Crippen LogP contribution in [-0.2, 0) is 14.8 Å². The van der Waals surface area contributed by atoms with Crippen molar-refractivity contribution in [2.75, 3.05) is 52.2 Å². The Kier molecular flexibility index (Phi) is 3.74. The molecule has 0 aliphatic carbocycles. The number of β-amino-alcohol motifs (C(OH)–C–C–N with tert-alkyl or cyclic N) is 1. The van der Waals surface area contributed by atoms with E-state index in [-0.39, 0.29) is 6.54 Å². The van der Waals surface area contributed by atoms with Crippen LogP contribution in [0.15, 0.2) is 0 Å². The first kappa shape index (κ1) is 13.2. The summed E-state index contributed by atoms with van der Waals surface area (Å²) in [5.41, 5.74) is -0.902. The molecule has 6 nitrogen and oxygen atoms in total. The van der Waals surface area contributed by atoms with E-state index in [0.29, 0.717) is 32.7 Å². The number of hydrogen-bond donors (Lipinski definition) is 1. The number of aliphatic hydroxyl groups is 1. The summed E-state index contributed by atoms with van der Waals surface area (Å²) in [6.07, 6.45) is 1.70. The van der Waals surface area contributed by atoms with Gasteiger partial charge in [0, 0.05) is 32.7 Å². The highest BCUT2D eigenvalue weighted by molar-refractivity contribution is 7.88.